The van der Waals surface area contributed by atoms with Crippen molar-refractivity contribution in [2.45, 2.75) is 11.4 Å². The Morgan fingerprint density at radius 3 is 2.26 bits per heavy atom. The lowest BCUT2D eigenvalue weighted by Crippen LogP contribution is -2.23. The number of hydrogen-bond acceptors (Lipinski definition) is 3. The maximum Gasteiger partial charge on any atom is 0.252 e. The van der Waals surface area contributed by atoms with Gasteiger partial charge in [-0.25, -0.2) is 8.42 Å². The summed E-state index contributed by atoms with van der Waals surface area (Å²) in [7, 11) is -2.77. The van der Waals surface area contributed by atoms with Gasteiger partial charge in [-0.3, -0.25) is 4.79 Å². The zero-order valence-corrected chi connectivity index (χ0v) is 11.0. The number of thiol groups is 1. The Morgan fingerprint density at radius 2 is 1.58 bits per heavy atom. The minimum absolute atomic E-state index is 0.0445. The van der Waals surface area contributed by atoms with Crippen LogP contribution in [0.3, 0.4) is 0 Å². The van der Waals surface area contributed by atoms with Crippen LogP contribution in [0.15, 0.2) is 59.5 Å². The summed E-state index contributed by atoms with van der Waals surface area (Å²) in [6, 6.07) is 15.6. The van der Waals surface area contributed by atoms with Gasteiger partial charge in [0, 0.05) is 6.54 Å². The van der Waals surface area contributed by atoms with Crippen LogP contribution in [0.1, 0.15) is 15.9 Å². The predicted molar refractivity (Wildman–Crippen MR) is 72.6 cm³/mol. The largest absolute Gasteiger partial charge is 0.348 e. The molecule has 0 atom stereocenters. The molecule has 19 heavy (non-hydrogen) atoms. The standard InChI is InChI=1S/C14H13NO3S/c16-14(15-10-11-6-2-1-3-7-11)12-8-4-5-9-13(12)19(17)18/h1-9,19H,10H2,(H,15,16). The van der Waals surface area contributed by atoms with Crippen LogP contribution in [-0.4, -0.2) is 14.3 Å². The molecular formula is C14H13NO3S. The maximum absolute atomic E-state index is 12.0. The highest BCUT2D eigenvalue weighted by Crippen LogP contribution is 2.10. The summed E-state index contributed by atoms with van der Waals surface area (Å²) in [5.41, 5.74) is 1.13. The van der Waals surface area contributed by atoms with Gasteiger partial charge in [-0.15, -0.1) is 0 Å². The second kappa shape index (κ2) is 6.15. The van der Waals surface area contributed by atoms with Crippen molar-refractivity contribution < 1.29 is 13.2 Å². The molecule has 2 aromatic rings. The van der Waals surface area contributed by atoms with Gasteiger partial charge in [0.25, 0.3) is 5.91 Å². The smallest absolute Gasteiger partial charge is 0.252 e. The van der Waals surface area contributed by atoms with Gasteiger partial charge in [0.15, 0.2) is 10.7 Å². The molecule has 0 aromatic heterocycles. The molecule has 0 aliphatic carbocycles. The Morgan fingerprint density at radius 1 is 0.947 bits per heavy atom. The SMILES string of the molecule is O=C(NCc1ccccc1)c1ccccc1[SH](=O)=O. The number of hydrogen-bond donors (Lipinski definition) is 2. The normalized spacial score (nSPS) is 10.4. The van der Waals surface area contributed by atoms with Crippen molar-refractivity contribution in [1.29, 1.82) is 0 Å². The Balaban J connectivity index is 2.13. The third kappa shape index (κ3) is 3.42. The number of carbonyl (C=O) groups is 1. The first-order valence-electron chi connectivity index (χ1n) is 5.74. The van der Waals surface area contributed by atoms with Gasteiger partial charge in [-0.1, -0.05) is 42.5 Å². The fraction of sp³-hybridized carbons (Fsp3) is 0.0714. The molecule has 0 saturated carbocycles. The van der Waals surface area contributed by atoms with Crippen molar-refractivity contribution in [3.05, 3.63) is 65.7 Å². The molecule has 0 saturated heterocycles. The fourth-order valence-corrected chi connectivity index (χ4v) is 2.28. The lowest BCUT2D eigenvalue weighted by Gasteiger charge is -2.06. The van der Waals surface area contributed by atoms with Crippen LogP contribution < -0.4 is 5.32 Å². The monoisotopic (exact) mass is 275 g/mol. The molecule has 4 nitrogen and oxygen atoms in total. The lowest BCUT2D eigenvalue weighted by atomic mass is 10.2. The average molecular weight is 275 g/mol. The number of rotatable bonds is 4. The van der Waals surface area contributed by atoms with E-state index in [0.717, 1.165) is 5.56 Å². The zero-order chi connectivity index (χ0) is 13.7. The molecule has 1 N–H and O–H groups in total. The highest BCUT2D eigenvalue weighted by molar-refractivity contribution is 7.72. The van der Waals surface area contributed by atoms with Crippen molar-refractivity contribution in [1.82, 2.24) is 5.32 Å². The van der Waals surface area contributed by atoms with Crippen LogP contribution in [0.5, 0.6) is 0 Å². The number of carbonyl (C=O) groups excluding carboxylic acids is 1. The van der Waals surface area contributed by atoms with Gasteiger partial charge in [-0.2, -0.15) is 0 Å². The second-order valence-corrected chi connectivity index (χ2v) is 4.94. The van der Waals surface area contributed by atoms with Crippen molar-refractivity contribution in [3.63, 3.8) is 0 Å². The third-order valence-electron chi connectivity index (χ3n) is 2.64. The second-order valence-electron chi connectivity index (χ2n) is 3.94. The molecule has 0 fully saturated rings. The van der Waals surface area contributed by atoms with Crippen LogP contribution in [0.25, 0.3) is 0 Å². The van der Waals surface area contributed by atoms with E-state index in [2.05, 4.69) is 5.32 Å². The molecule has 0 unspecified atom stereocenters. The highest BCUT2D eigenvalue weighted by atomic mass is 32.2. The van der Waals surface area contributed by atoms with E-state index < -0.39 is 16.6 Å². The molecule has 0 aliphatic heterocycles. The van der Waals surface area contributed by atoms with Gasteiger partial charge >= 0.3 is 0 Å². The number of amides is 1. The summed E-state index contributed by atoms with van der Waals surface area (Å²) in [6.07, 6.45) is 0. The van der Waals surface area contributed by atoms with Crippen molar-refractivity contribution in [3.8, 4) is 0 Å². The van der Waals surface area contributed by atoms with E-state index in [1.807, 2.05) is 30.3 Å². The molecule has 0 aliphatic rings. The van der Waals surface area contributed by atoms with E-state index in [9.17, 15) is 13.2 Å². The third-order valence-corrected chi connectivity index (χ3v) is 3.42. The molecule has 0 heterocycles. The average Bonchev–Trinajstić information content (AvgIpc) is 2.46. The van der Waals surface area contributed by atoms with E-state index >= 15 is 0 Å². The molecule has 0 bridgehead atoms. The predicted octanol–water partition coefficient (Wildman–Crippen LogP) is 1.59. The fourth-order valence-electron chi connectivity index (χ4n) is 1.70. The first-order valence-corrected chi connectivity index (χ1v) is 6.92. The van der Waals surface area contributed by atoms with E-state index in [-0.39, 0.29) is 10.5 Å². The topological polar surface area (TPSA) is 63.2 Å². The molecule has 0 spiro atoms. The van der Waals surface area contributed by atoms with Crippen LogP contribution >= 0.6 is 0 Å². The summed E-state index contributed by atoms with van der Waals surface area (Å²) in [6.45, 7) is 0.365. The summed E-state index contributed by atoms with van der Waals surface area (Å²) >= 11 is 0. The van der Waals surface area contributed by atoms with Crippen LogP contribution in [0.4, 0.5) is 0 Å². The highest BCUT2D eigenvalue weighted by Gasteiger charge is 2.11. The zero-order valence-electron chi connectivity index (χ0n) is 10.1. The molecule has 1 amide bonds. The van der Waals surface area contributed by atoms with Crippen LogP contribution in [-0.2, 0) is 17.2 Å². The van der Waals surface area contributed by atoms with Gasteiger partial charge in [0.2, 0.25) is 0 Å². The van der Waals surface area contributed by atoms with E-state index in [1.165, 1.54) is 12.1 Å². The molecular weight excluding hydrogens is 262 g/mol. The molecule has 2 aromatic carbocycles. The molecule has 2 rings (SSSR count). The quantitative estimate of drug-likeness (QED) is 0.833. The summed E-state index contributed by atoms with van der Waals surface area (Å²) in [5, 5.41) is 2.70. The van der Waals surface area contributed by atoms with Crippen LogP contribution in [0, 0.1) is 0 Å². The lowest BCUT2D eigenvalue weighted by molar-refractivity contribution is 0.0947. The Hall–Kier alpha value is -2.14. The van der Waals surface area contributed by atoms with Crippen molar-refractivity contribution in [2.75, 3.05) is 0 Å². The van der Waals surface area contributed by atoms with Crippen molar-refractivity contribution in [2.24, 2.45) is 0 Å². The van der Waals surface area contributed by atoms with E-state index in [0.29, 0.717) is 6.54 Å². The minimum atomic E-state index is -2.77. The minimum Gasteiger partial charge on any atom is -0.348 e. The maximum atomic E-state index is 12.0. The first-order chi connectivity index (χ1) is 9.18. The molecule has 98 valence electrons. The molecule has 5 heteroatoms. The van der Waals surface area contributed by atoms with E-state index in [1.54, 1.807) is 12.1 Å². The number of benzene rings is 2. The van der Waals surface area contributed by atoms with E-state index in [4.69, 9.17) is 0 Å². The summed E-state index contributed by atoms with van der Waals surface area (Å²) in [4.78, 5) is 12.0. The first kappa shape index (κ1) is 13.3. The Labute approximate surface area is 113 Å². The number of nitrogens with one attached hydrogen (secondary N) is 1. The van der Waals surface area contributed by atoms with Gasteiger partial charge in [0.05, 0.1) is 10.5 Å². The Kier molecular flexibility index (Phi) is 4.30. The summed E-state index contributed by atoms with van der Waals surface area (Å²) in [5.74, 6) is -0.390. The Bertz CT molecular complexity index is 643. The van der Waals surface area contributed by atoms with Crippen molar-refractivity contribution >= 4 is 16.6 Å². The van der Waals surface area contributed by atoms with Crippen LogP contribution in [0.2, 0.25) is 0 Å². The molecule has 0 radical (unpaired) electrons. The summed E-state index contributed by atoms with van der Waals surface area (Å²) < 4.78 is 22.1. The van der Waals surface area contributed by atoms with Gasteiger partial charge < -0.3 is 5.32 Å². The van der Waals surface area contributed by atoms with Gasteiger partial charge in [-0.05, 0) is 17.7 Å². The van der Waals surface area contributed by atoms with Gasteiger partial charge in [0.1, 0.15) is 0 Å².